The molecular formula is C21H24O7. The molecular weight excluding hydrogens is 364 g/mol. The molecule has 1 aromatic heterocycles. The number of aryl methyl sites for hydroxylation is 2. The van der Waals surface area contributed by atoms with Crippen LogP contribution in [0.3, 0.4) is 0 Å². The van der Waals surface area contributed by atoms with Crippen LogP contribution in [0.1, 0.15) is 30.0 Å². The molecule has 150 valence electrons. The van der Waals surface area contributed by atoms with Crippen molar-refractivity contribution in [2.75, 3.05) is 19.8 Å². The normalized spacial score (nSPS) is 10.5. The Hall–Kier alpha value is -3.09. The molecule has 0 radical (unpaired) electrons. The van der Waals surface area contributed by atoms with E-state index in [1.165, 1.54) is 6.08 Å². The number of esters is 2. The van der Waals surface area contributed by atoms with Gasteiger partial charge in [0.25, 0.3) is 0 Å². The molecule has 1 aromatic carbocycles. The van der Waals surface area contributed by atoms with E-state index in [0.717, 1.165) is 10.9 Å². The maximum Gasteiger partial charge on any atom is 0.344 e. The fourth-order valence-corrected chi connectivity index (χ4v) is 2.81. The van der Waals surface area contributed by atoms with Gasteiger partial charge in [0, 0.05) is 22.9 Å². The van der Waals surface area contributed by atoms with Crippen LogP contribution in [0.5, 0.6) is 5.75 Å². The molecule has 0 atom stereocenters. The summed E-state index contributed by atoms with van der Waals surface area (Å²) >= 11 is 0. The quantitative estimate of drug-likeness (QED) is 0.370. The SMILES string of the molecule is C=CCOC(=O)COc1ccc2c(C)c(CCC(=O)OCC)c(=O)oc2c1C. The summed E-state index contributed by atoms with van der Waals surface area (Å²) in [5.74, 6) is -0.458. The van der Waals surface area contributed by atoms with Crippen molar-refractivity contribution in [1.29, 1.82) is 0 Å². The smallest absolute Gasteiger partial charge is 0.344 e. The Labute approximate surface area is 162 Å². The van der Waals surface area contributed by atoms with Crippen LogP contribution in [-0.2, 0) is 25.5 Å². The van der Waals surface area contributed by atoms with E-state index >= 15 is 0 Å². The third-order valence-electron chi connectivity index (χ3n) is 4.25. The fourth-order valence-electron chi connectivity index (χ4n) is 2.81. The Morgan fingerprint density at radius 1 is 1.14 bits per heavy atom. The molecule has 0 N–H and O–H groups in total. The highest BCUT2D eigenvalue weighted by molar-refractivity contribution is 5.86. The fraction of sp³-hybridized carbons (Fsp3) is 0.381. The van der Waals surface area contributed by atoms with E-state index in [1.54, 1.807) is 26.0 Å². The molecule has 0 fully saturated rings. The summed E-state index contributed by atoms with van der Waals surface area (Å²) in [5, 5.41) is 0.748. The van der Waals surface area contributed by atoms with E-state index < -0.39 is 11.6 Å². The van der Waals surface area contributed by atoms with E-state index in [1.807, 2.05) is 6.92 Å². The second-order valence-electron chi connectivity index (χ2n) is 6.12. The van der Waals surface area contributed by atoms with Gasteiger partial charge in [-0.3, -0.25) is 4.79 Å². The Bertz CT molecular complexity index is 940. The molecule has 0 unspecified atom stereocenters. The molecule has 0 saturated heterocycles. The third kappa shape index (κ3) is 5.00. The van der Waals surface area contributed by atoms with Crippen molar-refractivity contribution in [2.45, 2.75) is 33.6 Å². The zero-order valence-corrected chi connectivity index (χ0v) is 16.3. The van der Waals surface area contributed by atoms with E-state index in [-0.39, 0.29) is 32.0 Å². The molecule has 0 saturated carbocycles. The minimum absolute atomic E-state index is 0.109. The van der Waals surface area contributed by atoms with Crippen LogP contribution in [0.2, 0.25) is 0 Å². The van der Waals surface area contributed by atoms with Gasteiger partial charge in [0.1, 0.15) is 17.9 Å². The standard InChI is InChI=1S/C21H24O7/c1-5-11-26-19(23)12-27-17-9-7-15-13(3)16(8-10-18(22)25-6-2)21(24)28-20(15)14(17)4/h5,7,9H,1,6,8,10-12H2,2-4H3. The summed E-state index contributed by atoms with van der Waals surface area (Å²) in [6.07, 6.45) is 1.82. The molecule has 0 bridgehead atoms. The van der Waals surface area contributed by atoms with Gasteiger partial charge in [0.15, 0.2) is 6.61 Å². The molecule has 0 aliphatic rings. The van der Waals surface area contributed by atoms with Crippen molar-refractivity contribution in [3.63, 3.8) is 0 Å². The van der Waals surface area contributed by atoms with Gasteiger partial charge < -0.3 is 18.6 Å². The number of ether oxygens (including phenoxy) is 3. The zero-order valence-electron chi connectivity index (χ0n) is 16.3. The first-order valence-electron chi connectivity index (χ1n) is 8.99. The molecule has 0 amide bonds. The van der Waals surface area contributed by atoms with Gasteiger partial charge in [-0.05, 0) is 44.9 Å². The number of hydrogen-bond acceptors (Lipinski definition) is 7. The largest absolute Gasteiger partial charge is 0.481 e. The van der Waals surface area contributed by atoms with Crippen LogP contribution in [0.15, 0.2) is 34.0 Å². The van der Waals surface area contributed by atoms with E-state index in [0.29, 0.717) is 29.1 Å². The number of hydrogen-bond donors (Lipinski definition) is 0. The first kappa shape index (κ1) is 21.2. The van der Waals surface area contributed by atoms with Gasteiger partial charge in [-0.2, -0.15) is 0 Å². The van der Waals surface area contributed by atoms with Crippen molar-refractivity contribution >= 4 is 22.9 Å². The maximum absolute atomic E-state index is 12.4. The van der Waals surface area contributed by atoms with E-state index in [9.17, 15) is 14.4 Å². The van der Waals surface area contributed by atoms with Gasteiger partial charge in [-0.15, -0.1) is 0 Å². The van der Waals surface area contributed by atoms with Crippen molar-refractivity contribution in [1.82, 2.24) is 0 Å². The molecule has 0 aliphatic carbocycles. The van der Waals surface area contributed by atoms with Crippen molar-refractivity contribution in [2.24, 2.45) is 0 Å². The lowest BCUT2D eigenvalue weighted by molar-refractivity contribution is -0.145. The van der Waals surface area contributed by atoms with E-state index in [4.69, 9.17) is 18.6 Å². The summed E-state index contributed by atoms with van der Waals surface area (Å²) in [6.45, 7) is 8.90. The van der Waals surface area contributed by atoms with Crippen LogP contribution < -0.4 is 10.4 Å². The van der Waals surface area contributed by atoms with Crippen LogP contribution in [-0.4, -0.2) is 31.8 Å². The number of carbonyl (C=O) groups excluding carboxylic acids is 2. The molecule has 28 heavy (non-hydrogen) atoms. The summed E-state index contributed by atoms with van der Waals surface area (Å²) in [5.41, 5.74) is 1.68. The average molecular weight is 388 g/mol. The second kappa shape index (κ2) is 9.73. The Morgan fingerprint density at radius 2 is 1.89 bits per heavy atom. The zero-order chi connectivity index (χ0) is 20.7. The van der Waals surface area contributed by atoms with Gasteiger partial charge in [0.2, 0.25) is 0 Å². The Morgan fingerprint density at radius 3 is 2.57 bits per heavy atom. The van der Waals surface area contributed by atoms with E-state index in [2.05, 4.69) is 6.58 Å². The molecule has 0 aliphatic heterocycles. The summed E-state index contributed by atoms with van der Waals surface area (Å²) in [4.78, 5) is 35.6. The average Bonchev–Trinajstić information content (AvgIpc) is 2.66. The molecule has 1 heterocycles. The molecule has 0 spiro atoms. The van der Waals surface area contributed by atoms with Crippen LogP contribution in [0.4, 0.5) is 0 Å². The lowest BCUT2D eigenvalue weighted by Crippen LogP contribution is -2.16. The number of rotatable bonds is 9. The first-order chi connectivity index (χ1) is 13.4. The van der Waals surface area contributed by atoms with Gasteiger partial charge in [0.05, 0.1) is 6.61 Å². The lowest BCUT2D eigenvalue weighted by Gasteiger charge is -2.13. The maximum atomic E-state index is 12.4. The lowest BCUT2D eigenvalue weighted by atomic mass is 10.0. The topological polar surface area (TPSA) is 92.0 Å². The van der Waals surface area contributed by atoms with Crippen LogP contribution >= 0.6 is 0 Å². The minimum atomic E-state index is -0.522. The molecule has 2 rings (SSSR count). The number of benzene rings is 1. The predicted octanol–water partition coefficient (Wildman–Crippen LogP) is 3.01. The van der Waals surface area contributed by atoms with Gasteiger partial charge >= 0.3 is 17.6 Å². The highest BCUT2D eigenvalue weighted by Crippen LogP contribution is 2.29. The third-order valence-corrected chi connectivity index (χ3v) is 4.25. The highest BCUT2D eigenvalue weighted by atomic mass is 16.6. The minimum Gasteiger partial charge on any atom is -0.481 e. The first-order valence-corrected chi connectivity index (χ1v) is 8.99. The second-order valence-corrected chi connectivity index (χ2v) is 6.12. The van der Waals surface area contributed by atoms with Crippen LogP contribution in [0, 0.1) is 13.8 Å². The summed E-state index contributed by atoms with van der Waals surface area (Å²) in [7, 11) is 0. The molecule has 7 nitrogen and oxygen atoms in total. The number of carbonyl (C=O) groups is 2. The number of fused-ring (bicyclic) bond motifs is 1. The summed E-state index contributed by atoms with van der Waals surface area (Å²) < 4.78 is 20.7. The molecule has 7 heteroatoms. The Kier molecular flexibility index (Phi) is 7.37. The Balaban J connectivity index is 2.26. The van der Waals surface area contributed by atoms with Crippen molar-refractivity contribution in [3.05, 3.63) is 51.9 Å². The molecule has 2 aromatic rings. The van der Waals surface area contributed by atoms with Crippen molar-refractivity contribution < 1.29 is 28.2 Å². The van der Waals surface area contributed by atoms with Gasteiger partial charge in [-0.25, -0.2) is 9.59 Å². The van der Waals surface area contributed by atoms with Crippen LogP contribution in [0.25, 0.3) is 11.0 Å². The van der Waals surface area contributed by atoms with Gasteiger partial charge in [-0.1, -0.05) is 12.7 Å². The highest BCUT2D eigenvalue weighted by Gasteiger charge is 2.17. The predicted molar refractivity (Wildman–Crippen MR) is 104 cm³/mol. The monoisotopic (exact) mass is 388 g/mol. The summed E-state index contributed by atoms with van der Waals surface area (Å²) in [6, 6.07) is 3.47. The van der Waals surface area contributed by atoms with Crippen molar-refractivity contribution in [3.8, 4) is 5.75 Å².